The highest BCUT2D eigenvalue weighted by Gasteiger charge is 2.46. The highest BCUT2D eigenvalue weighted by atomic mass is 19.1. The van der Waals surface area contributed by atoms with Gasteiger partial charge in [0.1, 0.15) is 55.5 Å². The van der Waals surface area contributed by atoms with Crippen LogP contribution in [0.5, 0.6) is 0 Å². The first-order chi connectivity index (χ1) is 10.8. The Hall–Kier alpha value is -0.760. The molecule has 0 spiro atoms. The predicted molar refractivity (Wildman–Crippen MR) is 68.7 cm³/mol. The summed E-state index contributed by atoms with van der Waals surface area (Å²) in [5, 5.41) is 66.5. The molecular formula is C12H21FO10. The summed E-state index contributed by atoms with van der Waals surface area (Å²) in [4.78, 5) is 10.5. The molecule has 136 valence electrons. The third kappa shape index (κ3) is 4.62. The first-order valence-electron chi connectivity index (χ1n) is 6.79. The minimum absolute atomic E-state index is 0.0702. The Labute approximate surface area is 130 Å². The van der Waals surface area contributed by atoms with E-state index in [1.54, 1.807) is 0 Å². The standard InChI is InChI=1S/C12H21FO10/c13-1-4(16)11(7(18)5(17)2-14)23-12-10(21)9(20)8(19)6(3-15)22-12/h2,4-12,15-21H,1,3H2/t4-,5+,6-,7-,8+,9+,10-,11-,12+/m1/s1. The van der Waals surface area contributed by atoms with E-state index in [4.69, 9.17) is 14.6 Å². The number of ether oxygens (including phenoxy) is 2. The second-order valence-corrected chi connectivity index (χ2v) is 5.14. The molecule has 0 aromatic carbocycles. The van der Waals surface area contributed by atoms with Crippen LogP contribution in [0.2, 0.25) is 0 Å². The Morgan fingerprint density at radius 2 is 1.74 bits per heavy atom. The summed E-state index contributed by atoms with van der Waals surface area (Å²) in [6.07, 6.45) is -16.4. The van der Waals surface area contributed by atoms with Crippen LogP contribution in [-0.4, -0.2) is 110 Å². The maximum Gasteiger partial charge on any atom is 0.187 e. The van der Waals surface area contributed by atoms with Gasteiger partial charge in [0.25, 0.3) is 0 Å². The van der Waals surface area contributed by atoms with Crippen molar-refractivity contribution < 1.29 is 54.4 Å². The molecule has 1 rings (SSSR count). The van der Waals surface area contributed by atoms with Gasteiger partial charge in [0.2, 0.25) is 0 Å². The van der Waals surface area contributed by atoms with Gasteiger partial charge in [-0.15, -0.1) is 0 Å². The third-order valence-corrected chi connectivity index (χ3v) is 3.50. The molecule has 1 fully saturated rings. The van der Waals surface area contributed by atoms with Gasteiger partial charge in [0.15, 0.2) is 12.6 Å². The number of carbonyl (C=O) groups excluding carboxylic acids is 1. The lowest BCUT2D eigenvalue weighted by Gasteiger charge is -2.42. The van der Waals surface area contributed by atoms with E-state index in [0.717, 1.165) is 0 Å². The fourth-order valence-electron chi connectivity index (χ4n) is 2.10. The van der Waals surface area contributed by atoms with Crippen LogP contribution in [0.3, 0.4) is 0 Å². The Morgan fingerprint density at radius 1 is 1.13 bits per heavy atom. The van der Waals surface area contributed by atoms with Crippen LogP contribution in [0.25, 0.3) is 0 Å². The second-order valence-electron chi connectivity index (χ2n) is 5.14. The number of hydrogen-bond donors (Lipinski definition) is 7. The average molecular weight is 344 g/mol. The molecule has 1 saturated heterocycles. The van der Waals surface area contributed by atoms with Gasteiger partial charge in [0.05, 0.1) is 6.61 Å². The zero-order chi connectivity index (χ0) is 17.7. The number of aliphatic hydroxyl groups is 7. The summed E-state index contributed by atoms with van der Waals surface area (Å²) in [6.45, 7) is -2.16. The molecule has 1 heterocycles. The molecule has 0 aromatic rings. The first kappa shape index (κ1) is 20.3. The van der Waals surface area contributed by atoms with Crippen LogP contribution < -0.4 is 0 Å². The fourth-order valence-corrected chi connectivity index (χ4v) is 2.10. The smallest absolute Gasteiger partial charge is 0.187 e. The number of aldehydes is 1. The van der Waals surface area contributed by atoms with E-state index in [1.165, 1.54) is 0 Å². The minimum Gasteiger partial charge on any atom is -0.394 e. The summed E-state index contributed by atoms with van der Waals surface area (Å²) in [5.74, 6) is 0. The van der Waals surface area contributed by atoms with Crippen molar-refractivity contribution in [1.29, 1.82) is 0 Å². The van der Waals surface area contributed by atoms with E-state index in [2.05, 4.69) is 0 Å². The van der Waals surface area contributed by atoms with Gasteiger partial charge >= 0.3 is 0 Å². The van der Waals surface area contributed by atoms with Crippen molar-refractivity contribution in [3.8, 4) is 0 Å². The third-order valence-electron chi connectivity index (χ3n) is 3.50. The van der Waals surface area contributed by atoms with E-state index >= 15 is 0 Å². The lowest BCUT2D eigenvalue weighted by atomic mass is 9.98. The van der Waals surface area contributed by atoms with Crippen molar-refractivity contribution in [1.82, 2.24) is 0 Å². The quantitative estimate of drug-likeness (QED) is 0.212. The molecule has 1 aliphatic heterocycles. The highest BCUT2D eigenvalue weighted by Crippen LogP contribution is 2.24. The van der Waals surface area contributed by atoms with E-state index in [-0.39, 0.29) is 6.29 Å². The molecule has 9 atom stereocenters. The largest absolute Gasteiger partial charge is 0.394 e. The first-order valence-corrected chi connectivity index (χ1v) is 6.79. The van der Waals surface area contributed by atoms with E-state index < -0.39 is 68.4 Å². The average Bonchev–Trinajstić information content (AvgIpc) is 2.57. The van der Waals surface area contributed by atoms with Crippen molar-refractivity contribution in [2.24, 2.45) is 0 Å². The fraction of sp³-hybridized carbons (Fsp3) is 0.917. The Balaban J connectivity index is 2.91. The normalized spacial score (nSPS) is 37.0. The molecule has 0 aromatic heterocycles. The van der Waals surface area contributed by atoms with Gasteiger partial charge in [-0.05, 0) is 0 Å². The summed E-state index contributed by atoms with van der Waals surface area (Å²) in [6, 6.07) is 0. The highest BCUT2D eigenvalue weighted by molar-refractivity contribution is 5.56. The van der Waals surface area contributed by atoms with Crippen LogP contribution >= 0.6 is 0 Å². The summed E-state index contributed by atoms with van der Waals surface area (Å²) >= 11 is 0. The van der Waals surface area contributed by atoms with Crippen LogP contribution in [0.4, 0.5) is 4.39 Å². The van der Waals surface area contributed by atoms with Gasteiger partial charge in [-0.3, -0.25) is 0 Å². The lowest BCUT2D eigenvalue weighted by molar-refractivity contribution is -0.325. The second kappa shape index (κ2) is 8.92. The molecule has 0 radical (unpaired) electrons. The summed E-state index contributed by atoms with van der Waals surface area (Å²) < 4.78 is 22.6. The van der Waals surface area contributed by atoms with E-state index in [0.29, 0.717) is 0 Å². The van der Waals surface area contributed by atoms with Gasteiger partial charge in [-0.1, -0.05) is 0 Å². The monoisotopic (exact) mass is 344 g/mol. The number of halogens is 1. The topological polar surface area (TPSA) is 177 Å². The van der Waals surface area contributed by atoms with Crippen molar-refractivity contribution in [2.75, 3.05) is 13.3 Å². The number of rotatable bonds is 8. The van der Waals surface area contributed by atoms with Gasteiger partial charge in [0, 0.05) is 0 Å². The molecular weight excluding hydrogens is 323 g/mol. The molecule has 0 unspecified atom stereocenters. The van der Waals surface area contributed by atoms with Crippen molar-refractivity contribution in [3.05, 3.63) is 0 Å². The Kier molecular flexibility index (Phi) is 7.86. The summed E-state index contributed by atoms with van der Waals surface area (Å²) in [7, 11) is 0. The number of carbonyl (C=O) groups is 1. The molecule has 11 heteroatoms. The van der Waals surface area contributed by atoms with Crippen LogP contribution in [0, 0.1) is 0 Å². The SMILES string of the molecule is O=C[C@H](O)[C@@H](O)[C@H](O[C@@H]1O[C@H](CO)[C@H](O)[C@H](O)[C@H]1O)[C@H](O)CF. The Morgan fingerprint density at radius 3 is 2.22 bits per heavy atom. The van der Waals surface area contributed by atoms with Crippen molar-refractivity contribution in [2.45, 2.75) is 55.1 Å². The molecule has 1 aliphatic rings. The Bertz CT molecular complexity index is 370. The molecule has 7 N–H and O–H groups in total. The summed E-state index contributed by atoms with van der Waals surface area (Å²) in [5.41, 5.74) is 0. The van der Waals surface area contributed by atoms with Crippen LogP contribution in [0.15, 0.2) is 0 Å². The van der Waals surface area contributed by atoms with Gasteiger partial charge < -0.3 is 50.0 Å². The van der Waals surface area contributed by atoms with Crippen LogP contribution in [0.1, 0.15) is 0 Å². The maximum absolute atomic E-state index is 12.7. The molecule has 23 heavy (non-hydrogen) atoms. The zero-order valence-corrected chi connectivity index (χ0v) is 11.9. The van der Waals surface area contributed by atoms with E-state index in [9.17, 15) is 39.8 Å². The zero-order valence-electron chi connectivity index (χ0n) is 11.9. The molecule has 0 bridgehead atoms. The van der Waals surface area contributed by atoms with Gasteiger partial charge in [-0.2, -0.15) is 0 Å². The number of aliphatic hydroxyl groups excluding tert-OH is 7. The molecule has 0 saturated carbocycles. The molecule has 0 aliphatic carbocycles. The minimum atomic E-state index is -2.05. The number of hydrogen-bond acceptors (Lipinski definition) is 10. The number of alkyl halides is 1. The van der Waals surface area contributed by atoms with Crippen molar-refractivity contribution in [3.63, 3.8) is 0 Å². The maximum atomic E-state index is 12.7. The molecule has 10 nitrogen and oxygen atoms in total. The lowest BCUT2D eigenvalue weighted by Crippen LogP contribution is -2.61. The van der Waals surface area contributed by atoms with Crippen molar-refractivity contribution >= 4 is 6.29 Å². The van der Waals surface area contributed by atoms with Gasteiger partial charge in [-0.25, -0.2) is 4.39 Å². The molecule has 0 amide bonds. The predicted octanol–water partition coefficient (Wildman–Crippen LogP) is -4.58. The van der Waals surface area contributed by atoms with Crippen LogP contribution in [-0.2, 0) is 14.3 Å². The van der Waals surface area contributed by atoms with E-state index in [1.807, 2.05) is 0 Å².